The van der Waals surface area contributed by atoms with Crippen LogP contribution in [0.15, 0.2) is 28.7 Å². The highest BCUT2D eigenvalue weighted by Crippen LogP contribution is 2.37. The van der Waals surface area contributed by atoms with Crippen LogP contribution in [0.5, 0.6) is 5.75 Å². The Labute approximate surface area is 175 Å². The first-order valence-corrected chi connectivity index (χ1v) is 9.13. The predicted molar refractivity (Wildman–Crippen MR) is 106 cm³/mol. The second-order valence-electron chi connectivity index (χ2n) is 6.57. The van der Waals surface area contributed by atoms with Gasteiger partial charge in [-0.2, -0.15) is 13.2 Å². The molecule has 2 heterocycles. The third kappa shape index (κ3) is 4.49. The number of fused-ring (bicyclic) bond motifs is 1. The average molecular weight is 437 g/mol. The second-order valence-corrected chi connectivity index (χ2v) is 6.57. The van der Waals surface area contributed by atoms with Gasteiger partial charge in [-0.15, -0.1) is 0 Å². The Kier molecular flexibility index (Phi) is 6.51. The summed E-state index contributed by atoms with van der Waals surface area (Å²) in [5.41, 5.74) is 4.88. The van der Waals surface area contributed by atoms with Crippen molar-refractivity contribution in [2.45, 2.75) is 18.9 Å². The van der Waals surface area contributed by atoms with Crippen molar-refractivity contribution in [1.29, 1.82) is 0 Å². The number of aromatic nitrogens is 2. The van der Waals surface area contributed by atoms with E-state index in [9.17, 15) is 18.0 Å². The summed E-state index contributed by atoms with van der Waals surface area (Å²) in [6, 6.07) is 5.13. The van der Waals surface area contributed by atoms with Gasteiger partial charge in [-0.05, 0) is 24.3 Å². The molecule has 8 nitrogen and oxygen atoms in total. The number of carbonyl (C=O) groups excluding carboxylic acids is 1. The minimum Gasteiger partial charge on any atom is -0.494 e. The molecule has 1 unspecified atom stereocenters. The van der Waals surface area contributed by atoms with E-state index in [0.717, 1.165) is 6.07 Å². The lowest BCUT2D eigenvalue weighted by molar-refractivity contribution is -0.140. The van der Waals surface area contributed by atoms with Crippen molar-refractivity contribution in [3.05, 3.63) is 41.4 Å². The lowest BCUT2D eigenvalue weighted by Crippen LogP contribution is -2.16. The highest BCUT2D eigenvalue weighted by Gasteiger charge is 2.33. The first-order chi connectivity index (χ1) is 14.7. The minimum absolute atomic E-state index is 0.0149. The van der Waals surface area contributed by atoms with E-state index in [0.29, 0.717) is 10.9 Å². The number of benzene rings is 1. The van der Waals surface area contributed by atoms with Crippen molar-refractivity contribution in [2.75, 3.05) is 21.0 Å². The van der Waals surface area contributed by atoms with E-state index < -0.39 is 17.8 Å². The smallest absolute Gasteiger partial charge is 0.433 e. The molecule has 3 aromatic rings. The topological polar surface area (TPSA) is 110 Å². The van der Waals surface area contributed by atoms with Crippen LogP contribution in [0.4, 0.5) is 13.2 Å². The maximum Gasteiger partial charge on any atom is 0.433 e. The molecule has 164 valence electrons. The van der Waals surface area contributed by atoms with Crippen molar-refractivity contribution in [1.82, 2.24) is 9.97 Å². The number of hydrogen-bond donors (Lipinski definition) is 1. The van der Waals surface area contributed by atoms with E-state index in [1.807, 2.05) is 0 Å². The van der Waals surface area contributed by atoms with Crippen LogP contribution in [0, 0.1) is 0 Å². The van der Waals surface area contributed by atoms with Crippen LogP contribution < -0.4 is 10.5 Å². The van der Waals surface area contributed by atoms with E-state index in [-0.39, 0.29) is 48.6 Å². The Morgan fingerprint density at radius 2 is 1.97 bits per heavy atom. The molecule has 0 radical (unpaired) electrons. The number of alkyl halides is 3. The molecular formula is C19H19BF3N3O5. The highest BCUT2D eigenvalue weighted by molar-refractivity contribution is 6.29. The van der Waals surface area contributed by atoms with Crippen molar-refractivity contribution in [2.24, 2.45) is 5.73 Å². The number of ether oxygens (including phenoxy) is 2. The Hall–Kier alpha value is -3.12. The van der Waals surface area contributed by atoms with Crippen LogP contribution in [0.25, 0.3) is 22.4 Å². The van der Waals surface area contributed by atoms with E-state index in [1.54, 1.807) is 13.0 Å². The number of halogens is 3. The molecule has 0 saturated carbocycles. The molecule has 3 rings (SSSR count). The average Bonchev–Trinajstić information content (AvgIpc) is 3.20. The van der Waals surface area contributed by atoms with Crippen LogP contribution in [-0.2, 0) is 15.6 Å². The normalized spacial score (nSPS) is 12.6. The van der Waals surface area contributed by atoms with Gasteiger partial charge in [-0.3, -0.25) is 0 Å². The fourth-order valence-corrected chi connectivity index (χ4v) is 3.04. The number of rotatable bonds is 7. The van der Waals surface area contributed by atoms with Crippen LogP contribution in [0.2, 0.25) is 0 Å². The number of nitrogens with zero attached hydrogens (tertiary/aromatic N) is 2. The highest BCUT2D eigenvalue weighted by atomic mass is 19.4. The molecular weight excluding hydrogens is 418 g/mol. The maximum absolute atomic E-state index is 13.1. The first-order valence-electron chi connectivity index (χ1n) is 9.13. The molecule has 0 aliphatic carbocycles. The van der Waals surface area contributed by atoms with Gasteiger partial charge in [0.25, 0.3) is 7.48 Å². The lowest BCUT2D eigenvalue weighted by Gasteiger charge is -2.11. The van der Waals surface area contributed by atoms with E-state index in [2.05, 4.69) is 9.97 Å². The largest absolute Gasteiger partial charge is 0.494 e. The standard InChI is InChI=1S/C19H19BF3N3O5/c1-9(20-30-8-24)14-16(18(27)29-3)31-17(26-14)11-4-6-12(28-2)15-10(11)5-7-13(25-15)19(21,22)23/h4-7,9,20H,8,24H2,1-3H3. The molecule has 1 aromatic carbocycles. The molecule has 2 aromatic heterocycles. The van der Waals surface area contributed by atoms with Gasteiger partial charge in [0, 0.05) is 16.8 Å². The SMILES string of the molecule is COC(=O)c1oc(-c2ccc(OC)c3nc(C(F)(F)F)ccc23)nc1C(C)BOCN. The van der Waals surface area contributed by atoms with Gasteiger partial charge < -0.3 is 24.3 Å². The fraction of sp³-hybridized carbons (Fsp3) is 0.316. The van der Waals surface area contributed by atoms with Crippen LogP contribution in [0.3, 0.4) is 0 Å². The molecule has 0 saturated heterocycles. The summed E-state index contributed by atoms with van der Waals surface area (Å²) in [6.07, 6.45) is -4.62. The van der Waals surface area contributed by atoms with E-state index in [1.165, 1.54) is 26.4 Å². The minimum atomic E-state index is -4.62. The zero-order valence-corrected chi connectivity index (χ0v) is 16.9. The summed E-state index contributed by atoms with van der Waals surface area (Å²) in [5.74, 6) is -1.08. The molecule has 1 atom stereocenters. The summed E-state index contributed by atoms with van der Waals surface area (Å²) in [7, 11) is 2.70. The zero-order valence-electron chi connectivity index (χ0n) is 16.9. The third-order valence-electron chi connectivity index (χ3n) is 4.54. The lowest BCUT2D eigenvalue weighted by atomic mass is 9.78. The van der Waals surface area contributed by atoms with Crippen molar-refractivity contribution < 1.29 is 36.5 Å². The molecule has 0 aliphatic rings. The number of pyridine rings is 1. The Balaban J connectivity index is 2.19. The van der Waals surface area contributed by atoms with E-state index in [4.69, 9.17) is 24.3 Å². The Bertz CT molecular complexity index is 1100. The third-order valence-corrected chi connectivity index (χ3v) is 4.54. The molecule has 12 heteroatoms. The summed E-state index contributed by atoms with van der Waals surface area (Å²) in [5, 5.41) is 0.308. The number of nitrogens with two attached hydrogens (primary N) is 1. The van der Waals surface area contributed by atoms with Crippen LogP contribution in [0.1, 0.15) is 34.7 Å². The van der Waals surface area contributed by atoms with Gasteiger partial charge in [-0.1, -0.05) is 6.92 Å². The predicted octanol–water partition coefficient (Wildman–Crippen LogP) is 3.05. The molecule has 0 amide bonds. The number of methoxy groups -OCH3 is 2. The Morgan fingerprint density at radius 1 is 1.23 bits per heavy atom. The van der Waals surface area contributed by atoms with Gasteiger partial charge in [0.1, 0.15) is 17.0 Å². The number of oxazole rings is 1. The fourth-order valence-electron chi connectivity index (χ4n) is 3.04. The zero-order chi connectivity index (χ0) is 22.8. The summed E-state index contributed by atoms with van der Waals surface area (Å²) in [4.78, 5) is 20.3. The van der Waals surface area contributed by atoms with Gasteiger partial charge in [-0.25, -0.2) is 14.8 Å². The van der Waals surface area contributed by atoms with Crippen molar-refractivity contribution >= 4 is 24.4 Å². The summed E-state index contributed by atoms with van der Waals surface area (Å²) in [6.45, 7) is 1.74. The Morgan fingerprint density at radius 3 is 2.58 bits per heavy atom. The quantitative estimate of drug-likeness (QED) is 0.341. The van der Waals surface area contributed by atoms with Crippen molar-refractivity contribution in [3.8, 4) is 17.2 Å². The van der Waals surface area contributed by atoms with Gasteiger partial charge in [0.15, 0.2) is 0 Å². The van der Waals surface area contributed by atoms with Crippen molar-refractivity contribution in [3.63, 3.8) is 0 Å². The summed E-state index contributed by atoms with van der Waals surface area (Å²) < 4.78 is 60.2. The first kappa shape index (κ1) is 22.6. The second kappa shape index (κ2) is 8.94. The van der Waals surface area contributed by atoms with E-state index >= 15 is 0 Å². The monoisotopic (exact) mass is 437 g/mol. The maximum atomic E-state index is 13.1. The number of esters is 1. The van der Waals surface area contributed by atoms with Gasteiger partial charge >= 0.3 is 12.1 Å². The molecule has 0 bridgehead atoms. The summed E-state index contributed by atoms with van der Waals surface area (Å²) >= 11 is 0. The van der Waals surface area contributed by atoms with Crippen LogP contribution in [-0.4, -0.2) is 44.4 Å². The molecule has 2 N–H and O–H groups in total. The van der Waals surface area contributed by atoms with Crippen LogP contribution >= 0.6 is 0 Å². The number of carbonyl (C=O) groups is 1. The molecule has 0 fully saturated rings. The molecule has 31 heavy (non-hydrogen) atoms. The number of hydrogen-bond acceptors (Lipinski definition) is 8. The van der Waals surface area contributed by atoms with Gasteiger partial charge in [0.05, 0.1) is 26.6 Å². The molecule has 0 spiro atoms. The van der Waals surface area contributed by atoms with Gasteiger partial charge in [0.2, 0.25) is 11.7 Å². The molecule has 0 aliphatic heterocycles.